The Morgan fingerprint density at radius 1 is 1.20 bits per heavy atom. The average Bonchev–Trinajstić information content (AvgIpc) is 2.38. The zero-order chi connectivity index (χ0) is 14.7. The van der Waals surface area contributed by atoms with Crippen molar-refractivity contribution in [3.8, 4) is 5.75 Å². The van der Waals surface area contributed by atoms with Crippen molar-refractivity contribution in [2.45, 2.75) is 6.61 Å². The third-order valence-electron chi connectivity index (χ3n) is 2.58. The van der Waals surface area contributed by atoms with Gasteiger partial charge >= 0.3 is 5.97 Å². The van der Waals surface area contributed by atoms with Crippen LogP contribution in [0.4, 0.5) is 8.78 Å². The summed E-state index contributed by atoms with van der Waals surface area (Å²) < 4.78 is 31.7. The Hall–Kier alpha value is -2.14. The van der Waals surface area contributed by atoms with E-state index in [0.717, 1.165) is 12.1 Å². The first-order chi connectivity index (χ1) is 9.47. The van der Waals surface area contributed by atoms with Crippen molar-refractivity contribution in [2.75, 3.05) is 0 Å². The minimum Gasteiger partial charge on any atom is -0.486 e. The smallest absolute Gasteiger partial charge is 0.335 e. The van der Waals surface area contributed by atoms with Gasteiger partial charge in [-0.25, -0.2) is 13.6 Å². The molecule has 0 fully saturated rings. The first-order valence-electron chi connectivity index (χ1n) is 5.57. The Balaban J connectivity index is 2.13. The summed E-state index contributed by atoms with van der Waals surface area (Å²) >= 11 is 5.81. The highest BCUT2D eigenvalue weighted by molar-refractivity contribution is 6.31. The highest BCUT2D eigenvalue weighted by Gasteiger charge is 2.10. The van der Waals surface area contributed by atoms with E-state index in [-0.39, 0.29) is 22.9 Å². The summed E-state index contributed by atoms with van der Waals surface area (Å²) in [4.78, 5) is 10.7. The minimum absolute atomic E-state index is 0.0531. The molecular formula is C14H9ClF2O3. The summed E-state index contributed by atoms with van der Waals surface area (Å²) in [6, 6.07) is 7.09. The lowest BCUT2D eigenvalue weighted by Crippen LogP contribution is -2.01. The lowest BCUT2D eigenvalue weighted by molar-refractivity contribution is 0.0696. The highest BCUT2D eigenvalue weighted by Crippen LogP contribution is 2.22. The Kier molecular flexibility index (Phi) is 4.20. The lowest BCUT2D eigenvalue weighted by atomic mass is 10.2. The Bertz CT molecular complexity index is 659. The van der Waals surface area contributed by atoms with Crippen molar-refractivity contribution in [1.29, 1.82) is 0 Å². The van der Waals surface area contributed by atoms with E-state index in [2.05, 4.69) is 0 Å². The summed E-state index contributed by atoms with van der Waals surface area (Å²) in [7, 11) is 0. The van der Waals surface area contributed by atoms with Gasteiger partial charge in [0.1, 0.15) is 12.4 Å². The van der Waals surface area contributed by atoms with Crippen molar-refractivity contribution in [2.24, 2.45) is 0 Å². The van der Waals surface area contributed by atoms with Crippen molar-refractivity contribution in [1.82, 2.24) is 0 Å². The molecule has 0 amide bonds. The normalized spacial score (nSPS) is 10.3. The van der Waals surface area contributed by atoms with E-state index in [4.69, 9.17) is 21.4 Å². The number of carboxylic acids is 1. The van der Waals surface area contributed by atoms with Crippen molar-refractivity contribution in [3.63, 3.8) is 0 Å². The van der Waals surface area contributed by atoms with Gasteiger partial charge in [-0.3, -0.25) is 0 Å². The topological polar surface area (TPSA) is 46.5 Å². The van der Waals surface area contributed by atoms with Gasteiger partial charge in [0.15, 0.2) is 11.6 Å². The average molecular weight is 299 g/mol. The fraction of sp³-hybridized carbons (Fsp3) is 0.0714. The van der Waals surface area contributed by atoms with Crippen LogP contribution in [0.2, 0.25) is 5.02 Å². The fourth-order valence-corrected chi connectivity index (χ4v) is 1.77. The second-order valence-corrected chi connectivity index (χ2v) is 4.38. The molecule has 0 spiro atoms. The van der Waals surface area contributed by atoms with Crippen LogP contribution < -0.4 is 4.74 Å². The third-order valence-corrected chi connectivity index (χ3v) is 2.93. The lowest BCUT2D eigenvalue weighted by Gasteiger charge is -2.09. The minimum atomic E-state index is -1.22. The zero-order valence-electron chi connectivity index (χ0n) is 10.1. The van der Waals surface area contributed by atoms with Crippen LogP contribution in [0.1, 0.15) is 15.9 Å². The van der Waals surface area contributed by atoms with Crippen LogP contribution in [0.15, 0.2) is 36.4 Å². The molecule has 0 heterocycles. The summed E-state index contributed by atoms with van der Waals surface area (Å²) in [5.41, 5.74) is 0.324. The number of benzene rings is 2. The Morgan fingerprint density at radius 2 is 1.95 bits per heavy atom. The van der Waals surface area contributed by atoms with Crippen LogP contribution >= 0.6 is 11.6 Å². The van der Waals surface area contributed by atoms with Gasteiger partial charge in [0.05, 0.1) is 10.6 Å². The van der Waals surface area contributed by atoms with Crippen LogP contribution in [0.5, 0.6) is 5.75 Å². The summed E-state index contributed by atoms with van der Waals surface area (Å²) in [5.74, 6) is -2.59. The van der Waals surface area contributed by atoms with E-state index >= 15 is 0 Å². The fourth-order valence-electron chi connectivity index (χ4n) is 1.55. The second-order valence-electron chi connectivity index (χ2n) is 3.97. The molecule has 2 rings (SSSR count). The number of rotatable bonds is 4. The van der Waals surface area contributed by atoms with E-state index in [1.807, 2.05) is 0 Å². The highest BCUT2D eigenvalue weighted by atomic mass is 35.5. The van der Waals surface area contributed by atoms with Crippen LogP contribution in [-0.2, 0) is 6.61 Å². The van der Waals surface area contributed by atoms with Crippen molar-refractivity contribution >= 4 is 17.6 Å². The van der Waals surface area contributed by atoms with Gasteiger partial charge in [0, 0.05) is 5.56 Å². The maximum absolute atomic E-state index is 13.6. The van der Waals surface area contributed by atoms with Crippen LogP contribution in [0.3, 0.4) is 0 Å². The molecule has 0 saturated carbocycles. The number of halogens is 3. The van der Waals surface area contributed by atoms with Gasteiger partial charge in [-0.1, -0.05) is 17.7 Å². The molecule has 0 aliphatic carbocycles. The molecule has 0 atom stereocenters. The van der Waals surface area contributed by atoms with Gasteiger partial charge in [0.25, 0.3) is 0 Å². The molecular weight excluding hydrogens is 290 g/mol. The number of carboxylic acid groups (broad SMARTS) is 1. The molecule has 0 unspecified atom stereocenters. The standard InChI is InChI=1S/C14H9ClF2O3/c15-11-6-10(16)3-1-9(11)7-20-13-4-2-8(14(18)19)5-12(13)17/h1-6H,7H2,(H,18,19). The van der Waals surface area contributed by atoms with E-state index < -0.39 is 17.6 Å². The molecule has 20 heavy (non-hydrogen) atoms. The van der Waals surface area contributed by atoms with E-state index in [0.29, 0.717) is 5.56 Å². The molecule has 0 bridgehead atoms. The van der Waals surface area contributed by atoms with Gasteiger partial charge in [-0.05, 0) is 30.3 Å². The molecule has 0 saturated heterocycles. The first kappa shape index (κ1) is 14.3. The SMILES string of the molecule is O=C(O)c1ccc(OCc2ccc(F)cc2Cl)c(F)c1. The Labute approximate surface area is 118 Å². The molecule has 2 aromatic carbocycles. The quantitative estimate of drug-likeness (QED) is 0.931. The van der Waals surface area contributed by atoms with Gasteiger partial charge in [0.2, 0.25) is 0 Å². The van der Waals surface area contributed by atoms with Crippen molar-refractivity contribution in [3.05, 3.63) is 64.2 Å². The third kappa shape index (κ3) is 3.24. The molecule has 0 aliphatic heterocycles. The predicted molar refractivity (Wildman–Crippen MR) is 69.1 cm³/mol. The number of aromatic carboxylic acids is 1. The maximum atomic E-state index is 13.6. The summed E-state index contributed by atoms with van der Waals surface area (Å²) in [5, 5.41) is 8.88. The second kappa shape index (κ2) is 5.88. The number of carbonyl (C=O) groups is 1. The van der Waals surface area contributed by atoms with E-state index in [1.54, 1.807) is 0 Å². The van der Waals surface area contributed by atoms with Gasteiger partial charge < -0.3 is 9.84 Å². The van der Waals surface area contributed by atoms with E-state index in [9.17, 15) is 13.6 Å². The van der Waals surface area contributed by atoms with Crippen LogP contribution in [-0.4, -0.2) is 11.1 Å². The molecule has 0 aliphatic rings. The van der Waals surface area contributed by atoms with Crippen LogP contribution in [0.25, 0.3) is 0 Å². The monoisotopic (exact) mass is 298 g/mol. The molecule has 0 radical (unpaired) electrons. The molecule has 2 aromatic rings. The van der Waals surface area contributed by atoms with Crippen molar-refractivity contribution < 1.29 is 23.4 Å². The molecule has 3 nitrogen and oxygen atoms in total. The van der Waals surface area contributed by atoms with Gasteiger partial charge in [-0.15, -0.1) is 0 Å². The molecule has 1 N–H and O–H groups in total. The molecule has 6 heteroatoms. The zero-order valence-corrected chi connectivity index (χ0v) is 10.8. The molecule has 104 valence electrons. The summed E-state index contributed by atoms with van der Waals surface area (Å²) in [6.07, 6.45) is 0. The largest absolute Gasteiger partial charge is 0.486 e. The first-order valence-corrected chi connectivity index (χ1v) is 5.95. The molecule has 0 aromatic heterocycles. The maximum Gasteiger partial charge on any atom is 0.335 e. The number of ether oxygens (including phenoxy) is 1. The van der Waals surface area contributed by atoms with Crippen LogP contribution in [0, 0.1) is 11.6 Å². The number of hydrogen-bond donors (Lipinski definition) is 1. The predicted octanol–water partition coefficient (Wildman–Crippen LogP) is 3.90. The number of hydrogen-bond acceptors (Lipinski definition) is 2. The van der Waals surface area contributed by atoms with Gasteiger partial charge in [-0.2, -0.15) is 0 Å². The Morgan fingerprint density at radius 3 is 2.55 bits per heavy atom. The van der Waals surface area contributed by atoms with E-state index in [1.165, 1.54) is 24.3 Å². The summed E-state index contributed by atoms with van der Waals surface area (Å²) in [6.45, 7) is -0.0531.